The Labute approximate surface area is 113 Å². The summed E-state index contributed by atoms with van der Waals surface area (Å²) >= 11 is 0. The molecule has 7 heteroatoms. The quantitative estimate of drug-likeness (QED) is 0.750. The molecule has 0 unspecified atom stereocenters. The molecule has 0 fully saturated rings. The third-order valence-electron chi connectivity index (χ3n) is 2.96. The fourth-order valence-corrected chi connectivity index (χ4v) is 2.00. The minimum atomic E-state index is -0.279. The van der Waals surface area contributed by atoms with Gasteiger partial charge < -0.3 is 19.4 Å². The number of ether oxygens (including phenoxy) is 2. The molecule has 0 atom stereocenters. The van der Waals surface area contributed by atoms with E-state index >= 15 is 0 Å². The van der Waals surface area contributed by atoms with Gasteiger partial charge in [-0.2, -0.15) is 0 Å². The molecule has 7 nitrogen and oxygen atoms in total. The molecule has 3 aromatic rings. The van der Waals surface area contributed by atoms with E-state index in [-0.39, 0.29) is 5.56 Å². The molecule has 0 saturated heterocycles. The summed E-state index contributed by atoms with van der Waals surface area (Å²) in [5.41, 5.74) is 0.847. The van der Waals surface area contributed by atoms with Crippen molar-refractivity contribution in [1.82, 2.24) is 19.9 Å². The number of rotatable bonds is 3. The first-order valence-corrected chi connectivity index (χ1v) is 5.87. The van der Waals surface area contributed by atoms with Crippen molar-refractivity contribution in [3.63, 3.8) is 0 Å². The first kappa shape index (κ1) is 12.2. The molecule has 20 heavy (non-hydrogen) atoms. The van der Waals surface area contributed by atoms with Crippen molar-refractivity contribution in [3.05, 3.63) is 35.0 Å². The molecule has 0 spiro atoms. The Morgan fingerprint density at radius 3 is 2.70 bits per heavy atom. The maximum absolute atomic E-state index is 12.2. The molecule has 0 aliphatic rings. The Hall–Kier alpha value is -2.83. The number of fused-ring (bicyclic) bond motifs is 1. The van der Waals surface area contributed by atoms with Gasteiger partial charge in [-0.3, -0.25) is 4.79 Å². The van der Waals surface area contributed by atoms with Crippen molar-refractivity contribution in [2.24, 2.45) is 0 Å². The van der Waals surface area contributed by atoms with Crippen LogP contribution in [0.15, 0.2) is 29.5 Å². The number of methoxy groups -OCH3 is 2. The van der Waals surface area contributed by atoms with Crippen LogP contribution in [-0.2, 0) is 0 Å². The predicted molar refractivity (Wildman–Crippen MR) is 73.0 cm³/mol. The number of aromatic amines is 2. The SMILES string of the molecule is COc1cc(OC)c2c(=O)[nH]c(-c3cnc[nH]3)nc2c1. The molecule has 2 heterocycles. The maximum atomic E-state index is 12.2. The lowest BCUT2D eigenvalue weighted by molar-refractivity contribution is 0.397. The number of hydrogen-bond donors (Lipinski definition) is 2. The van der Waals surface area contributed by atoms with E-state index in [0.29, 0.717) is 33.9 Å². The van der Waals surface area contributed by atoms with Crippen LogP contribution in [0.3, 0.4) is 0 Å². The molecule has 0 radical (unpaired) electrons. The molecule has 2 aromatic heterocycles. The summed E-state index contributed by atoms with van der Waals surface area (Å²) in [5.74, 6) is 1.41. The van der Waals surface area contributed by atoms with Crippen molar-refractivity contribution in [2.75, 3.05) is 14.2 Å². The number of nitrogens with one attached hydrogen (secondary N) is 2. The molecule has 0 saturated carbocycles. The lowest BCUT2D eigenvalue weighted by atomic mass is 10.2. The van der Waals surface area contributed by atoms with Crippen LogP contribution in [0.4, 0.5) is 0 Å². The lowest BCUT2D eigenvalue weighted by Gasteiger charge is -2.08. The molecule has 0 aliphatic heterocycles. The van der Waals surface area contributed by atoms with Crippen LogP contribution in [-0.4, -0.2) is 34.2 Å². The number of H-pyrrole nitrogens is 2. The van der Waals surface area contributed by atoms with E-state index in [0.717, 1.165) is 0 Å². The summed E-state index contributed by atoms with van der Waals surface area (Å²) in [4.78, 5) is 26.1. The highest BCUT2D eigenvalue weighted by molar-refractivity contribution is 5.86. The number of nitrogens with zero attached hydrogens (tertiary/aromatic N) is 2. The number of hydrogen-bond acceptors (Lipinski definition) is 5. The number of imidazole rings is 1. The Balaban J connectivity index is 2.33. The van der Waals surface area contributed by atoms with Crippen molar-refractivity contribution >= 4 is 10.9 Å². The van der Waals surface area contributed by atoms with Crippen molar-refractivity contribution < 1.29 is 9.47 Å². The largest absolute Gasteiger partial charge is 0.497 e. The Bertz CT molecular complexity index is 808. The van der Waals surface area contributed by atoms with E-state index in [1.54, 1.807) is 25.4 Å². The predicted octanol–water partition coefficient (Wildman–Crippen LogP) is 1.33. The van der Waals surface area contributed by atoms with Gasteiger partial charge in [0.05, 0.1) is 32.3 Å². The smallest absolute Gasteiger partial charge is 0.262 e. The summed E-state index contributed by atoms with van der Waals surface area (Å²) in [6.45, 7) is 0. The fourth-order valence-electron chi connectivity index (χ4n) is 2.00. The fraction of sp³-hybridized carbons (Fsp3) is 0.154. The summed E-state index contributed by atoms with van der Waals surface area (Å²) in [5, 5.41) is 0.386. The Morgan fingerprint density at radius 1 is 1.20 bits per heavy atom. The highest BCUT2D eigenvalue weighted by Crippen LogP contribution is 2.28. The first-order valence-electron chi connectivity index (χ1n) is 5.87. The lowest BCUT2D eigenvalue weighted by Crippen LogP contribution is -2.11. The maximum Gasteiger partial charge on any atom is 0.262 e. The first-order chi connectivity index (χ1) is 9.72. The monoisotopic (exact) mass is 272 g/mol. The number of aromatic nitrogens is 4. The van der Waals surface area contributed by atoms with Crippen LogP contribution in [0.2, 0.25) is 0 Å². The Kier molecular flexibility index (Phi) is 2.86. The topological polar surface area (TPSA) is 92.9 Å². The standard InChI is InChI=1S/C13H12N4O3/c1-19-7-3-8-11(10(4-7)20-2)13(18)17-12(16-8)9-5-14-6-15-9/h3-6H,1-2H3,(H,14,15)(H,16,17,18). The van der Waals surface area contributed by atoms with Crippen LogP contribution in [0, 0.1) is 0 Å². The molecular weight excluding hydrogens is 260 g/mol. The van der Waals surface area contributed by atoms with Crippen LogP contribution < -0.4 is 15.0 Å². The minimum Gasteiger partial charge on any atom is -0.497 e. The van der Waals surface area contributed by atoms with E-state index in [1.807, 2.05) is 0 Å². The van der Waals surface area contributed by atoms with Crippen LogP contribution >= 0.6 is 0 Å². The van der Waals surface area contributed by atoms with Crippen molar-refractivity contribution in [2.45, 2.75) is 0 Å². The summed E-state index contributed by atoms with van der Waals surface area (Å²) in [7, 11) is 3.04. The van der Waals surface area contributed by atoms with E-state index in [1.165, 1.54) is 13.4 Å². The van der Waals surface area contributed by atoms with Gasteiger partial charge in [-0.1, -0.05) is 0 Å². The van der Waals surface area contributed by atoms with Crippen molar-refractivity contribution in [3.8, 4) is 23.0 Å². The molecular formula is C13H12N4O3. The van der Waals surface area contributed by atoms with Gasteiger partial charge in [-0.25, -0.2) is 9.97 Å². The Morgan fingerprint density at radius 2 is 2.05 bits per heavy atom. The molecule has 0 amide bonds. The minimum absolute atomic E-state index is 0.279. The van der Waals surface area contributed by atoms with Crippen LogP contribution in [0.25, 0.3) is 22.4 Å². The second kappa shape index (κ2) is 4.69. The molecule has 102 valence electrons. The molecule has 2 N–H and O–H groups in total. The summed E-state index contributed by atoms with van der Waals surface area (Å²) in [6.07, 6.45) is 3.10. The normalized spacial score (nSPS) is 10.7. The molecule has 3 rings (SSSR count). The van der Waals surface area contributed by atoms with Gasteiger partial charge in [-0.05, 0) is 0 Å². The van der Waals surface area contributed by atoms with E-state index < -0.39 is 0 Å². The second-order valence-electron chi connectivity index (χ2n) is 4.10. The van der Waals surface area contributed by atoms with E-state index in [9.17, 15) is 4.79 Å². The van der Waals surface area contributed by atoms with Crippen molar-refractivity contribution in [1.29, 1.82) is 0 Å². The third kappa shape index (κ3) is 1.89. The highest BCUT2D eigenvalue weighted by atomic mass is 16.5. The zero-order chi connectivity index (χ0) is 14.1. The third-order valence-corrected chi connectivity index (χ3v) is 2.96. The van der Waals surface area contributed by atoms with Gasteiger partial charge in [0.1, 0.15) is 22.6 Å². The molecule has 1 aromatic carbocycles. The van der Waals surface area contributed by atoms with Crippen LogP contribution in [0.5, 0.6) is 11.5 Å². The zero-order valence-electron chi connectivity index (χ0n) is 10.9. The molecule has 0 aliphatic carbocycles. The van der Waals surface area contributed by atoms with Gasteiger partial charge in [0.25, 0.3) is 5.56 Å². The second-order valence-corrected chi connectivity index (χ2v) is 4.10. The summed E-state index contributed by atoms with van der Waals surface area (Å²) in [6, 6.07) is 3.34. The highest BCUT2D eigenvalue weighted by Gasteiger charge is 2.13. The van der Waals surface area contributed by atoms with Gasteiger partial charge in [0.2, 0.25) is 0 Å². The van der Waals surface area contributed by atoms with Crippen LogP contribution in [0.1, 0.15) is 0 Å². The average molecular weight is 272 g/mol. The van der Waals surface area contributed by atoms with Gasteiger partial charge in [-0.15, -0.1) is 0 Å². The van der Waals surface area contributed by atoms with Gasteiger partial charge in [0, 0.05) is 12.1 Å². The van der Waals surface area contributed by atoms with Gasteiger partial charge >= 0.3 is 0 Å². The van der Waals surface area contributed by atoms with E-state index in [2.05, 4.69) is 19.9 Å². The summed E-state index contributed by atoms with van der Waals surface area (Å²) < 4.78 is 10.4. The van der Waals surface area contributed by atoms with Gasteiger partial charge in [0.15, 0.2) is 5.82 Å². The van der Waals surface area contributed by atoms with E-state index in [4.69, 9.17) is 9.47 Å². The number of benzene rings is 1. The zero-order valence-corrected chi connectivity index (χ0v) is 10.9. The average Bonchev–Trinajstić information content (AvgIpc) is 2.99. The molecule has 0 bridgehead atoms.